The zero-order valence-electron chi connectivity index (χ0n) is 10.6. The summed E-state index contributed by atoms with van der Waals surface area (Å²) in [5.41, 5.74) is 5.25. The van der Waals surface area contributed by atoms with E-state index in [4.69, 9.17) is 10.5 Å². The van der Waals surface area contributed by atoms with Crippen LogP contribution in [0.25, 0.3) is 0 Å². The van der Waals surface area contributed by atoms with Crippen LogP contribution in [0.5, 0.6) is 0 Å². The Morgan fingerprint density at radius 3 is 2.61 bits per heavy atom. The number of hydrogen-bond donors (Lipinski definition) is 2. The first-order valence-corrected chi connectivity index (χ1v) is 6.48. The normalized spacial score (nSPS) is 19.7. The topological polar surface area (TPSA) is 64.3 Å². The Kier molecular flexibility index (Phi) is 6.49. The van der Waals surface area contributed by atoms with Gasteiger partial charge in [0.25, 0.3) is 0 Å². The average molecular weight is 264 g/mol. The molecular formula is C12H22F2N2O2. The number of carbonyl (C=O) groups excluding carboxylic acids is 1. The van der Waals surface area contributed by atoms with Crippen molar-refractivity contribution in [3.8, 4) is 0 Å². The minimum absolute atomic E-state index is 0.107. The third-order valence-corrected chi connectivity index (χ3v) is 3.11. The molecule has 0 heterocycles. The number of nitrogens with one attached hydrogen (secondary N) is 1. The van der Waals surface area contributed by atoms with Crippen LogP contribution in [-0.2, 0) is 9.53 Å². The second kappa shape index (κ2) is 7.63. The standard InChI is InChI=1S/C12H22F2N2O2/c13-12(14)4-2-10(3-5-12)11(17)16-7-1-8-18-9-6-15/h10H,1-9,15H2,(H,16,17). The van der Waals surface area contributed by atoms with Gasteiger partial charge in [-0.25, -0.2) is 8.78 Å². The van der Waals surface area contributed by atoms with Gasteiger partial charge >= 0.3 is 0 Å². The number of amides is 1. The molecule has 4 nitrogen and oxygen atoms in total. The molecule has 18 heavy (non-hydrogen) atoms. The SMILES string of the molecule is NCCOCCCNC(=O)C1CCC(F)(F)CC1. The molecule has 0 aromatic heterocycles. The van der Waals surface area contributed by atoms with Crippen LogP contribution >= 0.6 is 0 Å². The van der Waals surface area contributed by atoms with Crippen molar-refractivity contribution in [2.24, 2.45) is 11.7 Å². The molecule has 0 atom stereocenters. The molecule has 6 heteroatoms. The zero-order valence-corrected chi connectivity index (χ0v) is 10.6. The van der Waals surface area contributed by atoms with E-state index in [-0.39, 0.29) is 37.5 Å². The number of rotatable bonds is 7. The number of halogens is 2. The van der Waals surface area contributed by atoms with Crippen molar-refractivity contribution in [2.75, 3.05) is 26.3 Å². The van der Waals surface area contributed by atoms with E-state index in [2.05, 4.69) is 5.32 Å². The summed E-state index contributed by atoms with van der Waals surface area (Å²) in [4.78, 5) is 11.7. The highest BCUT2D eigenvalue weighted by molar-refractivity contribution is 5.78. The molecule has 1 aliphatic rings. The summed E-state index contributed by atoms with van der Waals surface area (Å²) < 4.78 is 31.0. The van der Waals surface area contributed by atoms with E-state index < -0.39 is 5.92 Å². The zero-order chi connectivity index (χ0) is 13.4. The third-order valence-electron chi connectivity index (χ3n) is 3.11. The number of hydrogen-bond acceptors (Lipinski definition) is 3. The van der Waals surface area contributed by atoms with Crippen LogP contribution in [0.4, 0.5) is 8.78 Å². The Morgan fingerprint density at radius 2 is 2.00 bits per heavy atom. The van der Waals surface area contributed by atoms with Gasteiger partial charge in [0.1, 0.15) is 0 Å². The van der Waals surface area contributed by atoms with Gasteiger partial charge in [-0.05, 0) is 19.3 Å². The van der Waals surface area contributed by atoms with Crippen molar-refractivity contribution >= 4 is 5.91 Å². The fraction of sp³-hybridized carbons (Fsp3) is 0.917. The Hall–Kier alpha value is -0.750. The maximum atomic E-state index is 12.9. The molecule has 0 aromatic rings. The van der Waals surface area contributed by atoms with Gasteiger partial charge in [0.2, 0.25) is 11.8 Å². The third kappa shape index (κ3) is 5.73. The van der Waals surface area contributed by atoms with E-state index in [1.807, 2.05) is 0 Å². The second-order valence-corrected chi connectivity index (χ2v) is 4.68. The molecule has 106 valence electrons. The molecule has 1 aliphatic carbocycles. The van der Waals surface area contributed by atoms with Crippen LogP contribution in [0.1, 0.15) is 32.1 Å². The summed E-state index contributed by atoms with van der Waals surface area (Å²) in [6.45, 7) is 2.09. The van der Waals surface area contributed by atoms with Crippen molar-refractivity contribution in [2.45, 2.75) is 38.0 Å². The molecule has 1 rings (SSSR count). The summed E-state index contributed by atoms with van der Waals surface area (Å²) in [6, 6.07) is 0. The molecule has 1 amide bonds. The van der Waals surface area contributed by atoms with Crippen LogP contribution in [0, 0.1) is 5.92 Å². The Balaban J connectivity index is 2.07. The average Bonchev–Trinajstić information content (AvgIpc) is 2.33. The van der Waals surface area contributed by atoms with Crippen LogP contribution < -0.4 is 11.1 Å². The van der Waals surface area contributed by atoms with Gasteiger partial charge < -0.3 is 15.8 Å². The van der Waals surface area contributed by atoms with Gasteiger partial charge in [-0.1, -0.05) is 0 Å². The van der Waals surface area contributed by atoms with Crippen molar-refractivity contribution in [1.29, 1.82) is 0 Å². The van der Waals surface area contributed by atoms with Crippen LogP contribution in [-0.4, -0.2) is 38.1 Å². The molecule has 0 aliphatic heterocycles. The van der Waals surface area contributed by atoms with E-state index in [1.54, 1.807) is 0 Å². The molecule has 0 radical (unpaired) electrons. The predicted molar refractivity (Wildman–Crippen MR) is 64.4 cm³/mol. The molecule has 0 spiro atoms. The summed E-state index contributed by atoms with van der Waals surface area (Å²) in [5, 5.41) is 2.76. The maximum absolute atomic E-state index is 12.9. The smallest absolute Gasteiger partial charge is 0.248 e. The molecule has 0 bridgehead atoms. The summed E-state index contributed by atoms with van der Waals surface area (Å²) in [6.07, 6.45) is 0.926. The largest absolute Gasteiger partial charge is 0.380 e. The second-order valence-electron chi connectivity index (χ2n) is 4.68. The number of nitrogens with two attached hydrogens (primary N) is 1. The van der Waals surface area contributed by atoms with Gasteiger partial charge in [-0.15, -0.1) is 0 Å². The van der Waals surface area contributed by atoms with E-state index >= 15 is 0 Å². The Bertz CT molecular complexity index is 252. The maximum Gasteiger partial charge on any atom is 0.248 e. The lowest BCUT2D eigenvalue weighted by Gasteiger charge is -2.27. The summed E-state index contributed by atoms with van der Waals surface area (Å²) >= 11 is 0. The molecule has 0 unspecified atom stereocenters. The van der Waals surface area contributed by atoms with E-state index in [1.165, 1.54) is 0 Å². The monoisotopic (exact) mass is 264 g/mol. The van der Waals surface area contributed by atoms with Crippen molar-refractivity contribution in [1.82, 2.24) is 5.32 Å². The minimum atomic E-state index is -2.58. The minimum Gasteiger partial charge on any atom is -0.380 e. The highest BCUT2D eigenvalue weighted by Gasteiger charge is 2.37. The molecule has 0 saturated heterocycles. The van der Waals surface area contributed by atoms with Gasteiger partial charge in [0.05, 0.1) is 6.61 Å². The van der Waals surface area contributed by atoms with Crippen LogP contribution in [0.2, 0.25) is 0 Å². The molecule has 1 fully saturated rings. The highest BCUT2D eigenvalue weighted by Crippen LogP contribution is 2.36. The quantitative estimate of drug-likeness (QED) is 0.681. The van der Waals surface area contributed by atoms with E-state index in [0.29, 0.717) is 32.7 Å². The number of alkyl halides is 2. The first-order chi connectivity index (χ1) is 8.55. The molecular weight excluding hydrogens is 242 g/mol. The molecule has 0 aromatic carbocycles. The van der Waals surface area contributed by atoms with E-state index in [9.17, 15) is 13.6 Å². The number of carbonyl (C=O) groups is 1. The lowest BCUT2D eigenvalue weighted by atomic mass is 9.86. The first-order valence-electron chi connectivity index (χ1n) is 6.48. The molecule has 1 saturated carbocycles. The highest BCUT2D eigenvalue weighted by atomic mass is 19.3. The van der Waals surface area contributed by atoms with E-state index in [0.717, 1.165) is 0 Å². The first kappa shape index (κ1) is 15.3. The predicted octanol–water partition coefficient (Wildman–Crippen LogP) is 1.29. The summed E-state index contributed by atoms with van der Waals surface area (Å²) in [5.74, 6) is -2.94. The lowest BCUT2D eigenvalue weighted by Crippen LogP contribution is -2.36. The van der Waals surface area contributed by atoms with Crippen molar-refractivity contribution in [3.05, 3.63) is 0 Å². The lowest BCUT2D eigenvalue weighted by molar-refractivity contribution is -0.129. The van der Waals surface area contributed by atoms with Gasteiger partial charge in [0.15, 0.2) is 0 Å². The van der Waals surface area contributed by atoms with Crippen molar-refractivity contribution < 1.29 is 18.3 Å². The van der Waals surface area contributed by atoms with Gasteiger partial charge in [-0.3, -0.25) is 4.79 Å². The fourth-order valence-corrected chi connectivity index (χ4v) is 2.02. The van der Waals surface area contributed by atoms with Gasteiger partial charge in [-0.2, -0.15) is 0 Å². The van der Waals surface area contributed by atoms with Crippen LogP contribution in [0.15, 0.2) is 0 Å². The number of ether oxygens (including phenoxy) is 1. The van der Waals surface area contributed by atoms with Gasteiger partial charge in [0, 0.05) is 38.5 Å². The molecule has 3 N–H and O–H groups in total. The van der Waals surface area contributed by atoms with Crippen molar-refractivity contribution in [3.63, 3.8) is 0 Å². The Labute approximate surface area is 106 Å². The fourth-order valence-electron chi connectivity index (χ4n) is 2.02. The summed E-state index contributed by atoms with van der Waals surface area (Å²) in [7, 11) is 0. The Morgan fingerprint density at radius 1 is 1.33 bits per heavy atom. The van der Waals surface area contributed by atoms with Crippen LogP contribution in [0.3, 0.4) is 0 Å².